The smallest absolute Gasteiger partial charge is 0.165 e. The molecule has 0 amide bonds. The molecule has 1 fully saturated rings. The van der Waals surface area contributed by atoms with Gasteiger partial charge in [-0.2, -0.15) is 5.10 Å². The number of β-amino-alcohol motifs (C(OH)–C–C–N with tert-alkyl or cyclic N) is 1. The molecule has 0 bridgehead atoms. The van der Waals surface area contributed by atoms with Crippen LogP contribution in [0.1, 0.15) is 6.92 Å². The van der Waals surface area contributed by atoms with Crippen molar-refractivity contribution >= 4 is 27.6 Å². The van der Waals surface area contributed by atoms with Crippen molar-refractivity contribution in [1.82, 2.24) is 24.6 Å². The Bertz CT molecular complexity index is 1200. The monoisotopic (exact) mass is 390 g/mol. The lowest BCUT2D eigenvalue weighted by atomic mass is 10.0. The van der Waals surface area contributed by atoms with Crippen LogP contribution >= 0.6 is 0 Å². The molecule has 0 unspecified atom stereocenters. The largest absolute Gasteiger partial charge is 0.494 e. The third kappa shape index (κ3) is 3.16. The van der Waals surface area contributed by atoms with Gasteiger partial charge in [0.25, 0.3) is 0 Å². The van der Waals surface area contributed by atoms with Crippen molar-refractivity contribution in [3.63, 3.8) is 0 Å². The lowest BCUT2D eigenvalue weighted by Gasteiger charge is -2.35. The van der Waals surface area contributed by atoms with Crippen molar-refractivity contribution < 1.29 is 9.84 Å². The molecule has 29 heavy (non-hydrogen) atoms. The van der Waals surface area contributed by atoms with Crippen molar-refractivity contribution in [2.75, 3.05) is 25.4 Å². The van der Waals surface area contributed by atoms with Crippen LogP contribution in [-0.4, -0.2) is 55.6 Å². The Balaban J connectivity index is 1.59. The van der Waals surface area contributed by atoms with E-state index in [4.69, 9.17) is 15.6 Å². The molecular weight excluding hydrogens is 368 g/mol. The predicted molar refractivity (Wildman–Crippen MR) is 111 cm³/mol. The lowest BCUT2D eigenvalue weighted by molar-refractivity contribution is -0.0179. The SMILES string of the molecule is CCOc1ccc2cc(-c3nn(CN4CC(O)C4)c4ncnc(N)c34)ccc2c1. The third-order valence-corrected chi connectivity index (χ3v) is 5.23. The van der Waals surface area contributed by atoms with Crippen molar-refractivity contribution in [2.24, 2.45) is 0 Å². The van der Waals surface area contributed by atoms with E-state index in [2.05, 4.69) is 27.0 Å². The zero-order chi connectivity index (χ0) is 20.0. The van der Waals surface area contributed by atoms with Gasteiger partial charge in [0.1, 0.15) is 23.6 Å². The third-order valence-electron chi connectivity index (χ3n) is 5.23. The van der Waals surface area contributed by atoms with E-state index in [9.17, 15) is 5.11 Å². The van der Waals surface area contributed by atoms with E-state index in [1.54, 1.807) is 0 Å². The summed E-state index contributed by atoms with van der Waals surface area (Å²) < 4.78 is 7.43. The fourth-order valence-corrected chi connectivity index (χ4v) is 3.81. The highest BCUT2D eigenvalue weighted by Gasteiger charge is 2.26. The molecule has 3 N–H and O–H groups in total. The Morgan fingerprint density at radius 1 is 1.14 bits per heavy atom. The Labute approximate surface area is 167 Å². The second kappa shape index (κ2) is 6.98. The number of hydrogen-bond donors (Lipinski definition) is 2. The number of aromatic nitrogens is 4. The molecule has 8 nitrogen and oxygen atoms in total. The summed E-state index contributed by atoms with van der Waals surface area (Å²) in [5.41, 5.74) is 8.61. The van der Waals surface area contributed by atoms with Crippen LogP contribution in [0.5, 0.6) is 5.75 Å². The molecule has 4 aromatic rings. The number of aliphatic hydroxyl groups excluding tert-OH is 1. The number of hydrogen-bond acceptors (Lipinski definition) is 7. The molecule has 8 heteroatoms. The summed E-state index contributed by atoms with van der Waals surface area (Å²) in [6.07, 6.45) is 1.19. The average Bonchev–Trinajstić information content (AvgIpc) is 3.07. The second-order valence-electron chi connectivity index (χ2n) is 7.29. The molecule has 2 aromatic carbocycles. The molecule has 0 radical (unpaired) electrons. The molecule has 3 heterocycles. The number of nitrogens with two attached hydrogens (primary N) is 1. The van der Waals surface area contributed by atoms with E-state index in [0.29, 0.717) is 37.8 Å². The number of ether oxygens (including phenoxy) is 1. The van der Waals surface area contributed by atoms with E-state index in [0.717, 1.165) is 33.2 Å². The maximum Gasteiger partial charge on any atom is 0.165 e. The summed E-state index contributed by atoms with van der Waals surface area (Å²) in [6.45, 7) is 4.43. The highest BCUT2D eigenvalue weighted by Crippen LogP contribution is 2.33. The van der Waals surface area contributed by atoms with Gasteiger partial charge in [-0.15, -0.1) is 0 Å². The standard InChI is InChI=1S/C21H22N6O2/c1-2-29-17-6-5-13-7-15(4-3-14(13)8-17)19-18-20(22)23-11-24-21(18)27(25-19)12-26-9-16(28)10-26/h3-8,11,16,28H,2,9-10,12H2,1H3,(H2,22,23,24). The highest BCUT2D eigenvalue weighted by atomic mass is 16.5. The first-order valence-electron chi connectivity index (χ1n) is 9.67. The lowest BCUT2D eigenvalue weighted by Crippen LogP contribution is -2.51. The number of nitrogen functional groups attached to an aromatic ring is 1. The van der Waals surface area contributed by atoms with Crippen LogP contribution in [0.4, 0.5) is 5.82 Å². The number of nitrogens with zero attached hydrogens (tertiary/aromatic N) is 5. The van der Waals surface area contributed by atoms with Gasteiger partial charge in [-0.05, 0) is 35.9 Å². The van der Waals surface area contributed by atoms with Crippen molar-refractivity contribution in [1.29, 1.82) is 0 Å². The normalized spacial score (nSPS) is 15.1. The summed E-state index contributed by atoms with van der Waals surface area (Å²) in [6, 6.07) is 12.2. The second-order valence-corrected chi connectivity index (χ2v) is 7.29. The minimum atomic E-state index is -0.266. The maximum atomic E-state index is 9.56. The quantitative estimate of drug-likeness (QED) is 0.539. The Kier molecular flexibility index (Phi) is 4.30. The topological polar surface area (TPSA) is 102 Å². The predicted octanol–water partition coefficient (Wildman–Crippen LogP) is 2.26. The van der Waals surface area contributed by atoms with E-state index in [-0.39, 0.29) is 6.10 Å². The molecule has 2 aromatic heterocycles. The van der Waals surface area contributed by atoms with E-state index in [1.165, 1.54) is 6.33 Å². The molecule has 1 saturated heterocycles. The van der Waals surface area contributed by atoms with Crippen molar-refractivity contribution in [2.45, 2.75) is 19.7 Å². The molecule has 1 aliphatic heterocycles. The highest BCUT2D eigenvalue weighted by molar-refractivity contribution is 6.00. The average molecular weight is 390 g/mol. The molecule has 0 saturated carbocycles. The van der Waals surface area contributed by atoms with Crippen LogP contribution in [0.15, 0.2) is 42.7 Å². The number of rotatable bonds is 5. The molecule has 148 valence electrons. The number of fused-ring (bicyclic) bond motifs is 2. The minimum absolute atomic E-state index is 0.266. The summed E-state index contributed by atoms with van der Waals surface area (Å²) in [5.74, 6) is 1.27. The molecule has 5 rings (SSSR count). The van der Waals surface area contributed by atoms with Gasteiger partial charge in [0.15, 0.2) is 5.65 Å². The first-order valence-corrected chi connectivity index (χ1v) is 9.67. The molecular formula is C21H22N6O2. The summed E-state index contributed by atoms with van der Waals surface area (Å²) >= 11 is 0. The Hall–Kier alpha value is -3.23. The first kappa shape index (κ1) is 17.8. The van der Waals surface area contributed by atoms with Gasteiger partial charge < -0.3 is 15.6 Å². The fraction of sp³-hybridized carbons (Fsp3) is 0.286. The van der Waals surface area contributed by atoms with Gasteiger partial charge in [0.2, 0.25) is 0 Å². The minimum Gasteiger partial charge on any atom is -0.494 e. The zero-order valence-corrected chi connectivity index (χ0v) is 16.1. The van der Waals surface area contributed by atoms with E-state index < -0.39 is 0 Å². The summed E-state index contributed by atoms with van der Waals surface area (Å²) in [4.78, 5) is 10.7. The van der Waals surface area contributed by atoms with E-state index >= 15 is 0 Å². The van der Waals surface area contributed by atoms with Crippen LogP contribution in [0.25, 0.3) is 33.1 Å². The molecule has 1 aliphatic rings. The Morgan fingerprint density at radius 3 is 2.72 bits per heavy atom. The summed E-state index contributed by atoms with van der Waals surface area (Å²) in [5, 5.41) is 17.3. The number of benzene rings is 2. The zero-order valence-electron chi connectivity index (χ0n) is 16.1. The van der Waals surface area contributed by atoms with Crippen LogP contribution in [-0.2, 0) is 6.67 Å². The van der Waals surface area contributed by atoms with Crippen LogP contribution in [0.2, 0.25) is 0 Å². The molecule has 0 spiro atoms. The molecule has 0 aliphatic carbocycles. The van der Waals surface area contributed by atoms with Gasteiger partial charge in [0.05, 0.1) is 24.8 Å². The fourth-order valence-electron chi connectivity index (χ4n) is 3.81. The Morgan fingerprint density at radius 2 is 1.93 bits per heavy atom. The maximum absolute atomic E-state index is 9.56. The van der Waals surface area contributed by atoms with Crippen LogP contribution < -0.4 is 10.5 Å². The van der Waals surface area contributed by atoms with Gasteiger partial charge in [-0.3, -0.25) is 4.90 Å². The van der Waals surface area contributed by atoms with Gasteiger partial charge in [-0.1, -0.05) is 18.2 Å². The number of anilines is 1. The van der Waals surface area contributed by atoms with Crippen molar-refractivity contribution in [3.8, 4) is 17.0 Å². The first-order chi connectivity index (χ1) is 14.1. The van der Waals surface area contributed by atoms with Crippen molar-refractivity contribution in [3.05, 3.63) is 42.7 Å². The van der Waals surface area contributed by atoms with Crippen LogP contribution in [0.3, 0.4) is 0 Å². The number of likely N-dealkylation sites (tertiary alicyclic amines) is 1. The molecule has 0 atom stereocenters. The number of aliphatic hydroxyl groups is 1. The van der Waals surface area contributed by atoms with Gasteiger partial charge in [-0.25, -0.2) is 14.6 Å². The van der Waals surface area contributed by atoms with Gasteiger partial charge >= 0.3 is 0 Å². The summed E-state index contributed by atoms with van der Waals surface area (Å²) in [7, 11) is 0. The van der Waals surface area contributed by atoms with E-state index in [1.807, 2.05) is 35.9 Å². The van der Waals surface area contributed by atoms with Crippen LogP contribution in [0, 0.1) is 0 Å². The van der Waals surface area contributed by atoms with Gasteiger partial charge in [0, 0.05) is 18.7 Å².